The van der Waals surface area contributed by atoms with Gasteiger partial charge in [0.25, 0.3) is 0 Å². The second-order valence-corrected chi connectivity index (χ2v) is 5.54. The predicted molar refractivity (Wildman–Crippen MR) is 93.0 cm³/mol. The highest BCUT2D eigenvalue weighted by atomic mass is 16.6. The van der Waals surface area contributed by atoms with Gasteiger partial charge in [-0.25, -0.2) is 24.4 Å². The number of nitrogens with one attached hydrogen (secondary N) is 1. The topological polar surface area (TPSA) is 97.2 Å². The van der Waals surface area contributed by atoms with Gasteiger partial charge in [0.1, 0.15) is 5.75 Å². The molecule has 1 unspecified atom stereocenters. The number of isocyanates is 2. The van der Waals surface area contributed by atoms with E-state index < -0.39 is 6.09 Å². The molecule has 0 radical (unpaired) electrons. The lowest BCUT2D eigenvalue weighted by molar-refractivity contribution is 0.200. The van der Waals surface area contributed by atoms with Crippen molar-refractivity contribution in [2.24, 2.45) is 15.9 Å². The van der Waals surface area contributed by atoms with Crippen molar-refractivity contribution in [3.63, 3.8) is 0 Å². The van der Waals surface area contributed by atoms with Gasteiger partial charge in [0, 0.05) is 6.54 Å². The minimum Gasteiger partial charge on any atom is -0.410 e. The van der Waals surface area contributed by atoms with Gasteiger partial charge >= 0.3 is 6.09 Å². The van der Waals surface area contributed by atoms with Gasteiger partial charge in [-0.2, -0.15) is 0 Å². The van der Waals surface area contributed by atoms with Gasteiger partial charge in [0.2, 0.25) is 12.2 Å². The zero-order chi connectivity index (χ0) is 18.2. The van der Waals surface area contributed by atoms with E-state index in [0.29, 0.717) is 25.4 Å². The van der Waals surface area contributed by atoms with Gasteiger partial charge in [-0.3, -0.25) is 0 Å². The first-order valence-corrected chi connectivity index (χ1v) is 8.34. The van der Waals surface area contributed by atoms with Crippen LogP contribution in [-0.4, -0.2) is 37.9 Å². The summed E-state index contributed by atoms with van der Waals surface area (Å²) in [6.07, 6.45) is 6.76. The Labute approximate surface area is 147 Å². The summed E-state index contributed by atoms with van der Waals surface area (Å²) in [7, 11) is 0. The maximum atomic E-state index is 11.7. The number of benzene rings is 1. The van der Waals surface area contributed by atoms with Gasteiger partial charge in [0.15, 0.2) is 0 Å². The van der Waals surface area contributed by atoms with Crippen molar-refractivity contribution in [1.82, 2.24) is 5.32 Å². The summed E-state index contributed by atoms with van der Waals surface area (Å²) in [4.78, 5) is 39.1. The number of para-hydroxylation sites is 1. The number of carbonyl (C=O) groups is 1. The Kier molecular flexibility index (Phi) is 11.1. The second kappa shape index (κ2) is 13.7. The summed E-state index contributed by atoms with van der Waals surface area (Å²) in [5.74, 6) is 0.741. The number of aliphatic imine (C=N–C) groups is 2. The van der Waals surface area contributed by atoms with E-state index in [2.05, 4.69) is 15.3 Å². The molecule has 0 aliphatic rings. The summed E-state index contributed by atoms with van der Waals surface area (Å²) in [6.45, 7) is 1.39. The van der Waals surface area contributed by atoms with Gasteiger partial charge in [-0.15, -0.1) is 0 Å². The van der Waals surface area contributed by atoms with Gasteiger partial charge < -0.3 is 10.1 Å². The van der Waals surface area contributed by atoms with E-state index in [4.69, 9.17) is 4.74 Å². The maximum Gasteiger partial charge on any atom is 0.412 e. The molecule has 0 aliphatic heterocycles. The fraction of sp³-hybridized carbons (Fsp3) is 0.500. The first kappa shape index (κ1) is 20.3. The monoisotopic (exact) mass is 345 g/mol. The van der Waals surface area contributed by atoms with Crippen molar-refractivity contribution in [2.75, 3.05) is 19.6 Å². The molecular weight excluding hydrogens is 322 g/mol. The van der Waals surface area contributed by atoms with Crippen molar-refractivity contribution in [3.05, 3.63) is 30.3 Å². The molecule has 0 saturated heterocycles. The standard InChI is InChI=1S/C18H23N3O4/c22-14-19-11-5-4-7-16(13-20-15-23)8-6-12-21-18(24)25-17-9-2-1-3-10-17/h1-3,9-10,16H,4-8,11-13H2,(H,21,24). The third kappa shape index (κ3) is 10.6. The number of ether oxygens (including phenoxy) is 1. The number of nitrogens with zero attached hydrogens (tertiary/aromatic N) is 2. The molecule has 7 nitrogen and oxygen atoms in total. The molecule has 1 N–H and O–H groups in total. The SMILES string of the molecule is O=C=NCCCCC(CCCNC(=O)Oc1ccccc1)CN=C=O. The van der Waals surface area contributed by atoms with E-state index in [0.717, 1.165) is 32.1 Å². The molecule has 134 valence electrons. The largest absolute Gasteiger partial charge is 0.412 e. The summed E-state index contributed by atoms with van der Waals surface area (Å²) in [5, 5.41) is 2.70. The highest BCUT2D eigenvalue weighted by molar-refractivity contribution is 5.70. The predicted octanol–water partition coefficient (Wildman–Crippen LogP) is 3.01. The minimum atomic E-state index is -0.486. The molecule has 0 aromatic heterocycles. The molecule has 7 heteroatoms. The molecule has 0 heterocycles. The van der Waals surface area contributed by atoms with Crippen molar-refractivity contribution in [3.8, 4) is 5.75 Å². The molecule has 25 heavy (non-hydrogen) atoms. The van der Waals surface area contributed by atoms with Crippen LogP contribution in [-0.2, 0) is 9.59 Å². The van der Waals surface area contributed by atoms with Gasteiger partial charge in [-0.1, -0.05) is 24.6 Å². The van der Waals surface area contributed by atoms with Crippen molar-refractivity contribution in [1.29, 1.82) is 0 Å². The lowest BCUT2D eigenvalue weighted by Gasteiger charge is -2.14. The average molecular weight is 345 g/mol. The third-order valence-electron chi connectivity index (χ3n) is 3.62. The normalized spacial score (nSPS) is 10.9. The smallest absolute Gasteiger partial charge is 0.410 e. The van der Waals surface area contributed by atoms with E-state index in [9.17, 15) is 14.4 Å². The van der Waals surface area contributed by atoms with E-state index in [-0.39, 0.29) is 5.92 Å². The van der Waals surface area contributed by atoms with Crippen LogP contribution < -0.4 is 10.1 Å². The highest BCUT2D eigenvalue weighted by Crippen LogP contribution is 2.15. The highest BCUT2D eigenvalue weighted by Gasteiger charge is 2.09. The fourth-order valence-electron chi connectivity index (χ4n) is 2.38. The summed E-state index contributed by atoms with van der Waals surface area (Å²) in [5.41, 5.74) is 0. The van der Waals surface area contributed by atoms with E-state index in [1.165, 1.54) is 6.08 Å². The maximum absolute atomic E-state index is 11.7. The Balaban J connectivity index is 2.22. The Bertz CT molecular complexity index is 594. The Hall–Kier alpha value is -2.75. The molecule has 1 aromatic rings. The number of carbonyl (C=O) groups excluding carboxylic acids is 3. The van der Waals surface area contributed by atoms with Crippen molar-refractivity contribution < 1.29 is 19.1 Å². The minimum absolute atomic E-state index is 0.244. The zero-order valence-electron chi connectivity index (χ0n) is 14.1. The number of unbranched alkanes of at least 4 members (excludes halogenated alkanes) is 1. The lowest BCUT2D eigenvalue weighted by atomic mass is 9.96. The first-order chi connectivity index (χ1) is 12.3. The van der Waals surface area contributed by atoms with Gasteiger partial charge in [0.05, 0.1) is 13.1 Å². The molecule has 0 spiro atoms. The quantitative estimate of drug-likeness (QED) is 0.358. The molecule has 1 rings (SSSR count). The molecule has 1 amide bonds. The van der Waals surface area contributed by atoms with Crippen molar-refractivity contribution in [2.45, 2.75) is 32.1 Å². The van der Waals surface area contributed by atoms with E-state index in [1.54, 1.807) is 30.3 Å². The third-order valence-corrected chi connectivity index (χ3v) is 3.62. The fourth-order valence-corrected chi connectivity index (χ4v) is 2.38. The van der Waals surface area contributed by atoms with E-state index in [1.807, 2.05) is 6.07 Å². The van der Waals surface area contributed by atoms with E-state index >= 15 is 0 Å². The van der Waals surface area contributed by atoms with Crippen molar-refractivity contribution >= 4 is 18.3 Å². The van der Waals surface area contributed by atoms with Crippen LogP contribution in [0.2, 0.25) is 0 Å². The first-order valence-electron chi connectivity index (χ1n) is 8.34. The molecule has 0 fully saturated rings. The molecule has 1 aromatic carbocycles. The van der Waals surface area contributed by atoms with Crippen LogP contribution in [0.1, 0.15) is 32.1 Å². The summed E-state index contributed by atoms with van der Waals surface area (Å²) < 4.78 is 5.13. The Morgan fingerprint density at radius 1 is 1.04 bits per heavy atom. The second-order valence-electron chi connectivity index (χ2n) is 5.54. The van der Waals surface area contributed by atoms with Crippen LogP contribution in [0.5, 0.6) is 5.75 Å². The lowest BCUT2D eigenvalue weighted by Crippen LogP contribution is -2.28. The molecule has 0 saturated carbocycles. The zero-order valence-corrected chi connectivity index (χ0v) is 14.1. The van der Waals surface area contributed by atoms with Gasteiger partial charge in [-0.05, 0) is 43.7 Å². The molecular formula is C18H23N3O4. The van der Waals surface area contributed by atoms with Crippen LogP contribution >= 0.6 is 0 Å². The van der Waals surface area contributed by atoms with Crippen LogP contribution in [0.3, 0.4) is 0 Å². The molecule has 1 atom stereocenters. The van der Waals surface area contributed by atoms with Crippen LogP contribution in [0.4, 0.5) is 4.79 Å². The Morgan fingerprint density at radius 3 is 2.48 bits per heavy atom. The summed E-state index contributed by atoms with van der Waals surface area (Å²) in [6, 6.07) is 8.85. The number of hydrogen-bond acceptors (Lipinski definition) is 6. The number of amides is 1. The average Bonchev–Trinajstić information content (AvgIpc) is 2.63. The molecule has 0 bridgehead atoms. The van der Waals surface area contributed by atoms with Crippen LogP contribution in [0.15, 0.2) is 40.3 Å². The van der Waals surface area contributed by atoms with Crippen LogP contribution in [0, 0.1) is 5.92 Å². The Morgan fingerprint density at radius 2 is 1.76 bits per heavy atom. The molecule has 0 aliphatic carbocycles. The van der Waals surface area contributed by atoms with Crippen LogP contribution in [0.25, 0.3) is 0 Å². The number of hydrogen-bond donors (Lipinski definition) is 1. The number of rotatable bonds is 12. The summed E-state index contributed by atoms with van der Waals surface area (Å²) >= 11 is 0.